The molecule has 88 valence electrons. The highest BCUT2D eigenvalue weighted by Crippen LogP contribution is 2.13. The number of carbonyl (C=O) groups excluding carboxylic acids is 2. The number of non-ortho nitro benzene ring substituents is 1. The summed E-state index contributed by atoms with van der Waals surface area (Å²) in [6.45, 7) is 0. The van der Waals surface area contributed by atoms with Gasteiger partial charge in [-0.05, 0) is 11.6 Å². The van der Waals surface area contributed by atoms with E-state index in [9.17, 15) is 19.7 Å². The van der Waals surface area contributed by atoms with Gasteiger partial charge in [-0.1, -0.05) is 12.1 Å². The van der Waals surface area contributed by atoms with Gasteiger partial charge in [0, 0.05) is 18.2 Å². The number of nitrogens with zero attached hydrogens (tertiary/aromatic N) is 1. The maximum Gasteiger partial charge on any atom is 0.319 e. The van der Waals surface area contributed by atoms with E-state index in [2.05, 4.69) is 0 Å². The van der Waals surface area contributed by atoms with Crippen LogP contribution in [0.4, 0.5) is 10.5 Å². The lowest BCUT2D eigenvalue weighted by molar-refractivity contribution is -0.384. The highest BCUT2D eigenvalue weighted by Gasteiger charge is 2.04. The molecule has 0 radical (unpaired) electrons. The molecule has 0 saturated heterocycles. The first-order valence-corrected chi connectivity index (χ1v) is 4.52. The molecular formula is C10H9N3O4. The molecule has 3 N–H and O–H groups in total. The zero-order valence-electron chi connectivity index (χ0n) is 8.62. The van der Waals surface area contributed by atoms with Crippen LogP contribution >= 0.6 is 0 Å². The number of hydrogen-bond donors (Lipinski definition) is 2. The molecule has 0 aromatic heterocycles. The van der Waals surface area contributed by atoms with Gasteiger partial charge in [-0.2, -0.15) is 0 Å². The monoisotopic (exact) mass is 235 g/mol. The number of carbonyl (C=O) groups is 2. The Hall–Kier alpha value is -2.70. The fraction of sp³-hybridized carbons (Fsp3) is 0. The van der Waals surface area contributed by atoms with Crippen molar-refractivity contribution in [2.75, 3.05) is 0 Å². The van der Waals surface area contributed by atoms with E-state index in [1.807, 2.05) is 5.32 Å². The van der Waals surface area contributed by atoms with Gasteiger partial charge in [-0.3, -0.25) is 20.2 Å². The van der Waals surface area contributed by atoms with Crippen LogP contribution in [-0.4, -0.2) is 16.9 Å². The number of nitrogens with one attached hydrogen (secondary N) is 1. The first-order chi connectivity index (χ1) is 7.99. The molecule has 1 rings (SSSR count). The molecule has 0 unspecified atom stereocenters. The van der Waals surface area contributed by atoms with E-state index in [4.69, 9.17) is 5.73 Å². The summed E-state index contributed by atoms with van der Waals surface area (Å²) in [5.74, 6) is -0.691. The van der Waals surface area contributed by atoms with Crippen LogP contribution in [0.1, 0.15) is 5.56 Å². The quantitative estimate of drug-likeness (QED) is 0.458. The number of rotatable bonds is 3. The Morgan fingerprint density at radius 1 is 1.41 bits per heavy atom. The average molecular weight is 235 g/mol. The number of urea groups is 1. The Bertz CT molecular complexity index is 496. The van der Waals surface area contributed by atoms with Gasteiger partial charge >= 0.3 is 6.03 Å². The van der Waals surface area contributed by atoms with Gasteiger partial charge < -0.3 is 5.73 Å². The molecule has 0 aliphatic heterocycles. The third-order valence-electron chi connectivity index (χ3n) is 1.75. The van der Waals surface area contributed by atoms with Crippen LogP contribution < -0.4 is 11.1 Å². The van der Waals surface area contributed by atoms with Crippen molar-refractivity contribution in [2.45, 2.75) is 0 Å². The van der Waals surface area contributed by atoms with Crippen LogP contribution in [0.2, 0.25) is 0 Å². The van der Waals surface area contributed by atoms with Crippen molar-refractivity contribution in [3.8, 4) is 0 Å². The summed E-state index contributed by atoms with van der Waals surface area (Å²) in [6.07, 6.45) is 2.40. The van der Waals surface area contributed by atoms with E-state index < -0.39 is 16.9 Å². The van der Waals surface area contributed by atoms with E-state index in [1.54, 1.807) is 6.07 Å². The van der Waals surface area contributed by atoms with Gasteiger partial charge in [0.1, 0.15) is 0 Å². The van der Waals surface area contributed by atoms with Crippen molar-refractivity contribution in [2.24, 2.45) is 5.73 Å². The van der Waals surface area contributed by atoms with E-state index >= 15 is 0 Å². The minimum Gasteiger partial charge on any atom is -0.351 e. The van der Waals surface area contributed by atoms with Crippen LogP contribution in [0.25, 0.3) is 6.08 Å². The minimum atomic E-state index is -0.960. The summed E-state index contributed by atoms with van der Waals surface area (Å²) in [5.41, 5.74) is 5.12. The Balaban J connectivity index is 2.78. The zero-order chi connectivity index (χ0) is 12.8. The summed E-state index contributed by atoms with van der Waals surface area (Å²) in [7, 11) is 0. The number of nitro groups is 1. The Morgan fingerprint density at radius 3 is 2.71 bits per heavy atom. The summed E-state index contributed by atoms with van der Waals surface area (Å²) in [4.78, 5) is 31.3. The van der Waals surface area contributed by atoms with E-state index in [0.29, 0.717) is 5.56 Å². The van der Waals surface area contributed by atoms with E-state index in [0.717, 1.165) is 6.08 Å². The van der Waals surface area contributed by atoms with Gasteiger partial charge in [0.15, 0.2) is 0 Å². The van der Waals surface area contributed by atoms with Crippen molar-refractivity contribution < 1.29 is 14.5 Å². The molecule has 0 fully saturated rings. The largest absolute Gasteiger partial charge is 0.351 e. The molecule has 0 atom stereocenters. The Kier molecular flexibility index (Phi) is 3.93. The summed E-state index contributed by atoms with van der Waals surface area (Å²) >= 11 is 0. The molecule has 17 heavy (non-hydrogen) atoms. The van der Waals surface area contributed by atoms with E-state index in [-0.39, 0.29) is 5.69 Å². The molecular weight excluding hydrogens is 226 g/mol. The van der Waals surface area contributed by atoms with Crippen molar-refractivity contribution in [1.29, 1.82) is 0 Å². The SMILES string of the molecule is NC(=O)NC(=O)C=Cc1cccc([N+](=O)[O-])c1. The Morgan fingerprint density at radius 2 is 2.12 bits per heavy atom. The molecule has 1 aromatic rings. The van der Waals surface area contributed by atoms with Gasteiger partial charge in [-0.25, -0.2) is 4.79 Å². The smallest absolute Gasteiger partial charge is 0.319 e. The van der Waals surface area contributed by atoms with Crippen molar-refractivity contribution in [3.63, 3.8) is 0 Å². The molecule has 0 spiro atoms. The normalized spacial score (nSPS) is 10.1. The molecule has 7 heteroatoms. The molecule has 0 saturated carbocycles. The second-order valence-electron chi connectivity index (χ2n) is 3.04. The van der Waals surface area contributed by atoms with Crippen molar-refractivity contribution in [3.05, 3.63) is 46.0 Å². The van der Waals surface area contributed by atoms with Crippen LogP contribution in [0.15, 0.2) is 30.3 Å². The predicted molar refractivity (Wildman–Crippen MR) is 59.9 cm³/mol. The summed E-state index contributed by atoms with van der Waals surface area (Å²) in [6, 6.07) is 4.75. The predicted octanol–water partition coefficient (Wildman–Crippen LogP) is 0.803. The number of benzene rings is 1. The lowest BCUT2D eigenvalue weighted by Crippen LogP contribution is -2.33. The number of nitro benzene ring substituents is 1. The second-order valence-corrected chi connectivity index (χ2v) is 3.04. The van der Waals surface area contributed by atoms with Crippen LogP contribution in [-0.2, 0) is 4.79 Å². The summed E-state index contributed by atoms with van der Waals surface area (Å²) < 4.78 is 0. The van der Waals surface area contributed by atoms with Gasteiger partial charge in [0.2, 0.25) is 0 Å². The first-order valence-electron chi connectivity index (χ1n) is 4.52. The summed E-state index contributed by atoms with van der Waals surface area (Å²) in [5, 5.41) is 12.3. The zero-order valence-corrected chi connectivity index (χ0v) is 8.62. The molecule has 0 bridgehead atoms. The van der Waals surface area contributed by atoms with E-state index in [1.165, 1.54) is 24.3 Å². The maximum atomic E-state index is 11.0. The van der Waals surface area contributed by atoms with Gasteiger partial charge in [0.25, 0.3) is 11.6 Å². The van der Waals surface area contributed by atoms with Crippen molar-refractivity contribution >= 4 is 23.7 Å². The lowest BCUT2D eigenvalue weighted by atomic mass is 10.2. The fourth-order valence-electron chi connectivity index (χ4n) is 1.08. The highest BCUT2D eigenvalue weighted by atomic mass is 16.6. The minimum absolute atomic E-state index is 0.0811. The molecule has 3 amide bonds. The second kappa shape index (κ2) is 5.40. The standard InChI is InChI=1S/C10H9N3O4/c11-10(15)12-9(14)5-4-7-2-1-3-8(6-7)13(16)17/h1-6H,(H3,11,12,14,15). The van der Waals surface area contributed by atoms with Gasteiger partial charge in [0.05, 0.1) is 4.92 Å². The first kappa shape index (κ1) is 12.4. The molecule has 0 heterocycles. The lowest BCUT2D eigenvalue weighted by Gasteiger charge is -1.95. The van der Waals surface area contributed by atoms with Gasteiger partial charge in [-0.15, -0.1) is 0 Å². The number of imide groups is 1. The highest BCUT2D eigenvalue weighted by molar-refractivity contribution is 6.01. The third kappa shape index (κ3) is 4.12. The van der Waals surface area contributed by atoms with Crippen LogP contribution in [0.3, 0.4) is 0 Å². The molecule has 0 aliphatic carbocycles. The topological polar surface area (TPSA) is 115 Å². The molecule has 7 nitrogen and oxygen atoms in total. The Labute approximate surface area is 96.1 Å². The fourth-order valence-corrected chi connectivity index (χ4v) is 1.08. The van der Waals surface area contributed by atoms with Crippen LogP contribution in [0, 0.1) is 10.1 Å². The van der Waals surface area contributed by atoms with Crippen molar-refractivity contribution in [1.82, 2.24) is 5.32 Å². The number of amides is 3. The molecule has 0 aliphatic rings. The molecule has 1 aromatic carbocycles. The van der Waals surface area contributed by atoms with Crippen LogP contribution in [0.5, 0.6) is 0 Å². The third-order valence-corrected chi connectivity index (χ3v) is 1.75. The number of hydrogen-bond acceptors (Lipinski definition) is 4. The maximum absolute atomic E-state index is 11.0. The number of nitrogens with two attached hydrogens (primary N) is 1. The average Bonchev–Trinajstić information content (AvgIpc) is 2.26. The number of primary amides is 1.